The summed E-state index contributed by atoms with van der Waals surface area (Å²) in [5, 5.41) is 6.76. The van der Waals surface area contributed by atoms with Gasteiger partial charge in [-0.25, -0.2) is 8.42 Å². The van der Waals surface area contributed by atoms with Crippen LogP contribution in [0.4, 0.5) is 5.69 Å². The highest BCUT2D eigenvalue weighted by molar-refractivity contribution is 7.89. The van der Waals surface area contributed by atoms with Crippen LogP contribution >= 0.6 is 0 Å². The van der Waals surface area contributed by atoms with Gasteiger partial charge < -0.3 is 10.6 Å². The number of hydrogen-bond acceptors (Lipinski definition) is 4. The van der Waals surface area contributed by atoms with E-state index in [0.717, 1.165) is 35.5 Å². The fourth-order valence-electron chi connectivity index (χ4n) is 3.23. The molecule has 5 nitrogen and oxygen atoms in total. The fourth-order valence-corrected chi connectivity index (χ4v) is 4.72. The van der Waals surface area contributed by atoms with Crippen molar-refractivity contribution in [2.75, 3.05) is 18.4 Å². The molecule has 2 aromatic carbocycles. The molecule has 2 heterocycles. The average molecular weight is 343 g/mol. The number of benzene rings is 2. The molecule has 0 aromatic heterocycles. The monoisotopic (exact) mass is 343 g/mol. The maximum absolute atomic E-state index is 13.0. The standard InChI is InChI=1S/C18H21N3O2S/c1-13-4-2-6-16(8-13)24(22,23)21-11-14-5-3-7-18(17(14)12-21)20-15-9-19-10-15/h2-8,15,19-20H,9-12H2,1H3. The molecule has 0 amide bonds. The number of aryl methyl sites for hydroxylation is 1. The number of nitrogens with one attached hydrogen (secondary N) is 2. The van der Waals surface area contributed by atoms with Gasteiger partial charge in [0.2, 0.25) is 10.0 Å². The van der Waals surface area contributed by atoms with Crippen molar-refractivity contribution in [3.05, 3.63) is 59.2 Å². The van der Waals surface area contributed by atoms with Gasteiger partial charge in [-0.2, -0.15) is 4.31 Å². The van der Waals surface area contributed by atoms with E-state index >= 15 is 0 Å². The van der Waals surface area contributed by atoms with Gasteiger partial charge in [-0.05, 0) is 41.8 Å². The van der Waals surface area contributed by atoms with Crippen molar-refractivity contribution in [1.29, 1.82) is 0 Å². The lowest BCUT2D eigenvalue weighted by Gasteiger charge is -2.29. The second kappa shape index (κ2) is 5.88. The summed E-state index contributed by atoms with van der Waals surface area (Å²) >= 11 is 0. The van der Waals surface area contributed by atoms with Crippen molar-refractivity contribution in [3.8, 4) is 0 Å². The minimum absolute atomic E-state index is 0.369. The highest BCUT2D eigenvalue weighted by atomic mass is 32.2. The van der Waals surface area contributed by atoms with E-state index in [1.807, 2.05) is 31.2 Å². The molecular weight excluding hydrogens is 322 g/mol. The Morgan fingerprint density at radius 3 is 2.62 bits per heavy atom. The van der Waals surface area contributed by atoms with Crippen LogP contribution in [0.3, 0.4) is 0 Å². The zero-order valence-electron chi connectivity index (χ0n) is 13.6. The Hall–Kier alpha value is -1.89. The molecule has 0 bridgehead atoms. The predicted octanol–water partition coefficient (Wildman–Crippen LogP) is 2.08. The number of fused-ring (bicyclic) bond motifs is 1. The van der Waals surface area contributed by atoms with Crippen LogP contribution in [-0.4, -0.2) is 31.9 Å². The summed E-state index contributed by atoms with van der Waals surface area (Å²) in [5.41, 5.74) is 4.19. The molecule has 24 heavy (non-hydrogen) atoms. The summed E-state index contributed by atoms with van der Waals surface area (Å²) < 4.78 is 27.5. The second-order valence-corrected chi connectivity index (χ2v) is 8.47. The molecular formula is C18H21N3O2S. The summed E-state index contributed by atoms with van der Waals surface area (Å²) in [5.74, 6) is 0. The zero-order chi connectivity index (χ0) is 16.7. The van der Waals surface area contributed by atoms with Crippen LogP contribution in [0.2, 0.25) is 0 Å². The van der Waals surface area contributed by atoms with E-state index in [-0.39, 0.29) is 0 Å². The van der Waals surface area contributed by atoms with Gasteiger partial charge in [-0.3, -0.25) is 0 Å². The first-order valence-corrected chi connectivity index (χ1v) is 9.63. The lowest BCUT2D eigenvalue weighted by molar-refractivity contribution is 0.431. The van der Waals surface area contributed by atoms with E-state index in [0.29, 0.717) is 24.0 Å². The second-order valence-electron chi connectivity index (χ2n) is 6.53. The van der Waals surface area contributed by atoms with Crippen LogP contribution in [0.25, 0.3) is 0 Å². The summed E-state index contributed by atoms with van der Waals surface area (Å²) in [7, 11) is -3.47. The topological polar surface area (TPSA) is 61.4 Å². The number of nitrogens with zero attached hydrogens (tertiary/aromatic N) is 1. The van der Waals surface area contributed by atoms with Crippen molar-refractivity contribution in [1.82, 2.24) is 9.62 Å². The molecule has 1 fully saturated rings. The molecule has 1 saturated heterocycles. The van der Waals surface area contributed by atoms with Gasteiger partial charge in [0.25, 0.3) is 0 Å². The van der Waals surface area contributed by atoms with Gasteiger partial charge in [0.05, 0.1) is 10.9 Å². The number of rotatable bonds is 4. The minimum atomic E-state index is -3.47. The van der Waals surface area contributed by atoms with E-state index in [1.54, 1.807) is 22.5 Å². The third-order valence-corrected chi connectivity index (χ3v) is 6.51. The predicted molar refractivity (Wildman–Crippen MR) is 94.3 cm³/mol. The maximum atomic E-state index is 13.0. The summed E-state index contributed by atoms with van der Waals surface area (Å²) in [4.78, 5) is 0.369. The van der Waals surface area contributed by atoms with Crippen LogP contribution in [0, 0.1) is 6.92 Å². The highest BCUT2D eigenvalue weighted by Gasteiger charge is 2.32. The quantitative estimate of drug-likeness (QED) is 0.892. The van der Waals surface area contributed by atoms with Crippen molar-refractivity contribution in [3.63, 3.8) is 0 Å². The Morgan fingerprint density at radius 1 is 1.12 bits per heavy atom. The Morgan fingerprint density at radius 2 is 1.92 bits per heavy atom. The first kappa shape index (κ1) is 15.6. The Labute approximate surface area is 142 Å². The van der Waals surface area contributed by atoms with Crippen LogP contribution in [0.15, 0.2) is 47.4 Å². The largest absolute Gasteiger partial charge is 0.379 e. The van der Waals surface area contributed by atoms with E-state index in [1.165, 1.54) is 0 Å². The van der Waals surface area contributed by atoms with Gasteiger partial charge in [0, 0.05) is 31.9 Å². The van der Waals surface area contributed by atoms with Crippen molar-refractivity contribution in [2.24, 2.45) is 0 Å². The summed E-state index contributed by atoms with van der Waals surface area (Å²) in [6, 6.07) is 13.6. The van der Waals surface area contributed by atoms with Gasteiger partial charge in [0.15, 0.2) is 0 Å². The van der Waals surface area contributed by atoms with Gasteiger partial charge in [0.1, 0.15) is 0 Å². The van der Waals surface area contributed by atoms with Crippen molar-refractivity contribution >= 4 is 15.7 Å². The normalized spacial score (nSPS) is 18.2. The zero-order valence-corrected chi connectivity index (χ0v) is 14.4. The molecule has 0 unspecified atom stereocenters. The molecule has 126 valence electrons. The summed E-state index contributed by atoms with van der Waals surface area (Å²) in [6.07, 6.45) is 0. The van der Waals surface area contributed by atoms with E-state index < -0.39 is 10.0 Å². The van der Waals surface area contributed by atoms with Gasteiger partial charge >= 0.3 is 0 Å². The Kier molecular flexibility index (Phi) is 3.83. The molecule has 2 N–H and O–H groups in total. The average Bonchev–Trinajstić information content (AvgIpc) is 2.96. The SMILES string of the molecule is Cc1cccc(S(=O)(=O)N2Cc3cccc(NC4CNC4)c3C2)c1. The van der Waals surface area contributed by atoms with Crippen LogP contribution < -0.4 is 10.6 Å². The Bertz CT molecular complexity index is 876. The molecule has 0 saturated carbocycles. The molecule has 2 aliphatic rings. The van der Waals surface area contributed by atoms with Crippen LogP contribution in [0.1, 0.15) is 16.7 Å². The molecule has 0 atom stereocenters. The van der Waals surface area contributed by atoms with Gasteiger partial charge in [-0.1, -0.05) is 24.3 Å². The van der Waals surface area contributed by atoms with Crippen LogP contribution in [0.5, 0.6) is 0 Å². The Balaban J connectivity index is 1.62. The third-order valence-electron chi connectivity index (χ3n) is 4.72. The van der Waals surface area contributed by atoms with E-state index in [2.05, 4.69) is 10.6 Å². The van der Waals surface area contributed by atoms with Gasteiger partial charge in [-0.15, -0.1) is 0 Å². The lowest BCUT2D eigenvalue weighted by atomic mass is 10.1. The molecule has 0 spiro atoms. The number of anilines is 1. The first-order chi connectivity index (χ1) is 11.5. The van der Waals surface area contributed by atoms with Crippen LogP contribution in [-0.2, 0) is 23.1 Å². The molecule has 6 heteroatoms. The lowest BCUT2D eigenvalue weighted by Crippen LogP contribution is -2.51. The first-order valence-electron chi connectivity index (χ1n) is 8.19. The molecule has 4 rings (SSSR count). The number of hydrogen-bond donors (Lipinski definition) is 2. The van der Waals surface area contributed by atoms with E-state index in [9.17, 15) is 8.42 Å². The van der Waals surface area contributed by atoms with E-state index in [4.69, 9.17) is 0 Å². The number of sulfonamides is 1. The minimum Gasteiger partial charge on any atom is -0.379 e. The molecule has 0 aliphatic carbocycles. The maximum Gasteiger partial charge on any atom is 0.243 e. The third kappa shape index (κ3) is 2.70. The molecule has 0 radical (unpaired) electrons. The molecule has 2 aromatic rings. The molecule has 2 aliphatic heterocycles. The summed E-state index contributed by atoms with van der Waals surface area (Å²) in [6.45, 7) is 4.68. The fraction of sp³-hybridized carbons (Fsp3) is 0.333. The smallest absolute Gasteiger partial charge is 0.243 e. The van der Waals surface area contributed by atoms with Crippen molar-refractivity contribution in [2.45, 2.75) is 31.0 Å². The van der Waals surface area contributed by atoms with Crippen molar-refractivity contribution < 1.29 is 8.42 Å². The highest BCUT2D eigenvalue weighted by Crippen LogP contribution is 2.33.